The second-order valence-corrected chi connectivity index (χ2v) is 6.36. The van der Waals surface area contributed by atoms with Gasteiger partial charge in [-0.3, -0.25) is 10.2 Å². The summed E-state index contributed by atoms with van der Waals surface area (Å²) in [5.74, 6) is 1.35. The van der Waals surface area contributed by atoms with Crippen LogP contribution in [0.2, 0.25) is 0 Å². The predicted molar refractivity (Wildman–Crippen MR) is 105 cm³/mol. The van der Waals surface area contributed by atoms with Gasteiger partial charge in [-0.25, -0.2) is 0 Å². The first kappa shape index (κ1) is 22.1. The zero-order valence-electron chi connectivity index (χ0n) is 16.9. The minimum absolute atomic E-state index is 0.0139. The fraction of sp³-hybridized carbons (Fsp3) is 0.778. The van der Waals surface area contributed by atoms with Crippen LogP contribution in [0.15, 0.2) is 11.5 Å². The normalized spacial score (nSPS) is 16.4. The smallest absolute Gasteiger partial charge is 0.221 e. The number of carbonyl (C=O) groups excluding carboxylic acids is 1. The summed E-state index contributed by atoms with van der Waals surface area (Å²) >= 11 is 0. The highest BCUT2D eigenvalue weighted by molar-refractivity contribution is 5.95. The van der Waals surface area contributed by atoms with Crippen molar-refractivity contribution < 1.29 is 9.53 Å². The number of carbonyl (C=O) groups is 1. The molecule has 0 aromatic rings. The highest BCUT2D eigenvalue weighted by Gasteiger charge is 2.25. The number of nitrogens with one attached hydrogen (secondary N) is 4. The minimum Gasteiger partial charge on any atom is -0.382 e. The standard InChI is InChI=1S/C18H36N6O2/c1-6-8-22-18(24(7-2)14(3)13-15(25)20-4)16(21-5)17(19)23-9-11-26-12-10-23/h14,19,21-22H,6-13H2,1-5H3,(H,20,25)/b18-16-,19-17?. The number of hydrogen-bond donors (Lipinski definition) is 4. The van der Waals surface area contributed by atoms with Crippen LogP contribution in [0, 0.1) is 5.41 Å². The van der Waals surface area contributed by atoms with E-state index in [1.165, 1.54) is 0 Å². The van der Waals surface area contributed by atoms with Crippen LogP contribution in [-0.4, -0.2) is 81.1 Å². The maximum absolute atomic E-state index is 11.8. The Morgan fingerprint density at radius 1 is 1.23 bits per heavy atom. The van der Waals surface area contributed by atoms with E-state index in [0.717, 1.165) is 31.0 Å². The quantitative estimate of drug-likeness (QED) is 0.332. The second-order valence-electron chi connectivity index (χ2n) is 6.36. The van der Waals surface area contributed by atoms with Gasteiger partial charge in [0.2, 0.25) is 5.91 Å². The molecule has 0 bridgehead atoms. The number of hydrogen-bond acceptors (Lipinski definition) is 6. The van der Waals surface area contributed by atoms with Gasteiger partial charge in [0.15, 0.2) is 0 Å². The molecule has 1 amide bonds. The monoisotopic (exact) mass is 368 g/mol. The molecule has 8 heteroatoms. The summed E-state index contributed by atoms with van der Waals surface area (Å²) < 4.78 is 5.41. The SMILES string of the molecule is CCCN/C(=C(/NC)C(=N)N1CCOCC1)N(CC)C(C)CC(=O)NC. The van der Waals surface area contributed by atoms with Crippen molar-refractivity contribution in [3.63, 3.8) is 0 Å². The number of morpholine rings is 1. The largest absolute Gasteiger partial charge is 0.382 e. The number of likely N-dealkylation sites (N-methyl/N-ethyl adjacent to an activating group) is 1. The molecule has 0 aromatic heterocycles. The molecule has 8 nitrogen and oxygen atoms in total. The van der Waals surface area contributed by atoms with E-state index in [1.807, 2.05) is 18.9 Å². The summed E-state index contributed by atoms with van der Waals surface area (Å²) in [6.45, 7) is 10.5. The molecule has 1 atom stereocenters. The van der Waals surface area contributed by atoms with E-state index >= 15 is 0 Å². The van der Waals surface area contributed by atoms with E-state index in [1.54, 1.807) is 7.05 Å². The summed E-state index contributed by atoms with van der Waals surface area (Å²) in [6.07, 6.45) is 1.39. The van der Waals surface area contributed by atoms with Crippen LogP contribution in [0.4, 0.5) is 0 Å². The molecule has 0 aliphatic carbocycles. The van der Waals surface area contributed by atoms with Gasteiger partial charge in [0.1, 0.15) is 17.4 Å². The summed E-state index contributed by atoms with van der Waals surface area (Å²) in [5.41, 5.74) is 0.756. The van der Waals surface area contributed by atoms with Gasteiger partial charge in [0.05, 0.1) is 13.2 Å². The average molecular weight is 369 g/mol. The van der Waals surface area contributed by atoms with Gasteiger partial charge in [0.25, 0.3) is 0 Å². The Hall–Kier alpha value is -1.96. The number of rotatable bonds is 10. The Labute approximate surface area is 157 Å². The third-order valence-electron chi connectivity index (χ3n) is 4.51. The van der Waals surface area contributed by atoms with Crippen LogP contribution in [0.25, 0.3) is 0 Å². The highest BCUT2D eigenvalue weighted by atomic mass is 16.5. The van der Waals surface area contributed by atoms with Gasteiger partial charge >= 0.3 is 0 Å². The molecule has 150 valence electrons. The maximum Gasteiger partial charge on any atom is 0.221 e. The maximum atomic E-state index is 11.8. The van der Waals surface area contributed by atoms with Crippen LogP contribution in [0.5, 0.6) is 0 Å². The predicted octanol–water partition coefficient (Wildman–Crippen LogP) is 0.530. The fourth-order valence-electron chi connectivity index (χ4n) is 3.04. The number of ether oxygens (including phenoxy) is 1. The topological polar surface area (TPSA) is 92.7 Å². The van der Waals surface area contributed by atoms with Crippen molar-refractivity contribution in [2.24, 2.45) is 0 Å². The van der Waals surface area contributed by atoms with Crippen molar-refractivity contribution in [3.05, 3.63) is 11.5 Å². The van der Waals surface area contributed by atoms with Crippen molar-refractivity contribution in [1.29, 1.82) is 5.41 Å². The van der Waals surface area contributed by atoms with Crippen molar-refractivity contribution in [2.75, 3.05) is 53.5 Å². The molecule has 0 spiro atoms. The van der Waals surface area contributed by atoms with E-state index < -0.39 is 0 Å². The van der Waals surface area contributed by atoms with Crippen molar-refractivity contribution in [1.82, 2.24) is 25.8 Å². The summed E-state index contributed by atoms with van der Waals surface area (Å²) in [5, 5.41) is 18.1. The molecule has 1 aliphatic heterocycles. The molecule has 1 saturated heterocycles. The van der Waals surface area contributed by atoms with E-state index in [-0.39, 0.29) is 11.9 Å². The fourth-order valence-corrected chi connectivity index (χ4v) is 3.04. The third-order valence-corrected chi connectivity index (χ3v) is 4.51. The van der Waals surface area contributed by atoms with Gasteiger partial charge in [-0.05, 0) is 20.3 Å². The lowest BCUT2D eigenvalue weighted by Crippen LogP contribution is -2.47. The molecule has 1 unspecified atom stereocenters. The Balaban J connectivity index is 3.15. The highest BCUT2D eigenvalue weighted by Crippen LogP contribution is 2.16. The second kappa shape index (κ2) is 11.6. The van der Waals surface area contributed by atoms with E-state index in [2.05, 4.69) is 34.7 Å². The summed E-state index contributed by atoms with van der Waals surface area (Å²) in [6, 6.07) is 0.0140. The lowest BCUT2D eigenvalue weighted by molar-refractivity contribution is -0.121. The zero-order chi connectivity index (χ0) is 19.5. The van der Waals surface area contributed by atoms with Crippen molar-refractivity contribution >= 4 is 11.7 Å². The lowest BCUT2D eigenvalue weighted by atomic mass is 10.1. The lowest BCUT2D eigenvalue weighted by Gasteiger charge is -2.36. The Morgan fingerprint density at radius 3 is 2.38 bits per heavy atom. The number of amides is 1. The molecule has 1 aliphatic rings. The van der Waals surface area contributed by atoms with Crippen molar-refractivity contribution in [3.8, 4) is 0 Å². The summed E-state index contributed by atoms with van der Waals surface area (Å²) in [4.78, 5) is 16.0. The number of nitrogens with zero attached hydrogens (tertiary/aromatic N) is 2. The van der Waals surface area contributed by atoms with E-state index in [0.29, 0.717) is 38.6 Å². The van der Waals surface area contributed by atoms with Gasteiger partial charge in [-0.1, -0.05) is 6.92 Å². The molecule has 26 heavy (non-hydrogen) atoms. The molecule has 1 rings (SSSR count). The Bertz CT molecular complexity index is 488. The van der Waals surface area contributed by atoms with Gasteiger partial charge in [-0.15, -0.1) is 0 Å². The van der Waals surface area contributed by atoms with Crippen LogP contribution >= 0.6 is 0 Å². The molecule has 0 radical (unpaired) electrons. The van der Waals surface area contributed by atoms with Gasteiger partial charge < -0.3 is 30.5 Å². The molecule has 1 fully saturated rings. The third kappa shape index (κ3) is 6.09. The summed E-state index contributed by atoms with van der Waals surface area (Å²) in [7, 11) is 3.50. The van der Waals surface area contributed by atoms with Crippen LogP contribution in [0.3, 0.4) is 0 Å². The molecular formula is C18H36N6O2. The van der Waals surface area contributed by atoms with E-state index in [9.17, 15) is 4.79 Å². The first-order chi connectivity index (χ1) is 12.5. The van der Waals surface area contributed by atoms with Crippen LogP contribution in [-0.2, 0) is 9.53 Å². The molecule has 1 heterocycles. The molecule has 0 aromatic carbocycles. The van der Waals surface area contributed by atoms with Crippen LogP contribution in [0.1, 0.15) is 33.6 Å². The first-order valence-corrected chi connectivity index (χ1v) is 9.54. The first-order valence-electron chi connectivity index (χ1n) is 9.54. The van der Waals surface area contributed by atoms with Gasteiger partial charge in [0, 0.05) is 52.7 Å². The van der Waals surface area contributed by atoms with Gasteiger partial charge in [-0.2, -0.15) is 0 Å². The Morgan fingerprint density at radius 2 is 1.88 bits per heavy atom. The molecule has 4 N–H and O–H groups in total. The number of amidine groups is 1. The Kier molecular flexibility index (Phi) is 9.87. The molecular weight excluding hydrogens is 332 g/mol. The minimum atomic E-state index is 0.0139. The van der Waals surface area contributed by atoms with E-state index in [4.69, 9.17) is 10.1 Å². The average Bonchev–Trinajstić information content (AvgIpc) is 2.66. The zero-order valence-corrected chi connectivity index (χ0v) is 16.9. The van der Waals surface area contributed by atoms with Crippen LogP contribution < -0.4 is 16.0 Å². The molecule has 0 saturated carbocycles. The van der Waals surface area contributed by atoms with Crippen molar-refractivity contribution in [2.45, 2.75) is 39.7 Å².